The molecule has 0 radical (unpaired) electrons. The van der Waals surface area contributed by atoms with Crippen molar-refractivity contribution >= 4 is 51.5 Å². The van der Waals surface area contributed by atoms with Gasteiger partial charge in [0.15, 0.2) is 5.13 Å². The number of nitrogens with one attached hydrogen (secondary N) is 2. The number of anilines is 4. The summed E-state index contributed by atoms with van der Waals surface area (Å²) < 4.78 is 5.36. The van der Waals surface area contributed by atoms with E-state index in [2.05, 4.69) is 35.4 Å². The number of hydrogen-bond donors (Lipinski definition) is 3. The number of aliphatic hydroxyl groups is 1. The predicted molar refractivity (Wildman–Crippen MR) is 134 cm³/mol. The van der Waals surface area contributed by atoms with Gasteiger partial charge < -0.3 is 20.1 Å². The number of amides is 1. The number of hydrogen-bond acceptors (Lipinski definition) is 10. The summed E-state index contributed by atoms with van der Waals surface area (Å²) in [7, 11) is 0. The standard InChI is InChI=1S/C22H26ClN7O3S/c1-14-4-3-5-16(23)20(14)28-22(32)33-19-13-24-21(34-19)27-17-12-18(26-15(2)25-17)30-8-6-29(7-9-30)10-11-31/h3-5,12-13,31H,6-11H2,1-2H3,(H,28,32)(H,24,25,26,27). The molecule has 3 aromatic rings. The molecule has 1 aromatic carbocycles. The lowest BCUT2D eigenvalue weighted by atomic mass is 10.2. The lowest BCUT2D eigenvalue weighted by Gasteiger charge is -2.35. The molecule has 0 aliphatic carbocycles. The monoisotopic (exact) mass is 503 g/mol. The van der Waals surface area contributed by atoms with Crippen molar-refractivity contribution in [1.82, 2.24) is 19.9 Å². The summed E-state index contributed by atoms with van der Waals surface area (Å²) in [6, 6.07) is 7.24. The molecule has 0 atom stereocenters. The van der Waals surface area contributed by atoms with Gasteiger partial charge in [-0.2, -0.15) is 0 Å². The largest absolute Gasteiger partial charge is 0.418 e. The number of benzene rings is 1. The third-order valence-corrected chi connectivity index (χ3v) is 6.40. The Labute approximate surface area is 206 Å². The lowest BCUT2D eigenvalue weighted by molar-refractivity contribution is 0.188. The molecular formula is C22H26ClN7O3S. The van der Waals surface area contributed by atoms with E-state index in [-0.39, 0.29) is 6.61 Å². The van der Waals surface area contributed by atoms with Gasteiger partial charge in [-0.05, 0) is 25.5 Å². The summed E-state index contributed by atoms with van der Waals surface area (Å²) >= 11 is 7.34. The summed E-state index contributed by atoms with van der Waals surface area (Å²) in [6.45, 7) is 7.94. The molecule has 1 aliphatic rings. The van der Waals surface area contributed by atoms with Crippen LogP contribution in [0.3, 0.4) is 0 Å². The van der Waals surface area contributed by atoms with E-state index in [1.54, 1.807) is 6.07 Å². The molecule has 1 amide bonds. The van der Waals surface area contributed by atoms with Crippen molar-refractivity contribution in [2.75, 3.05) is 54.9 Å². The number of β-amino-alcohol motifs (C(OH)–C–C–N with tert-alkyl or cyclic N) is 1. The summed E-state index contributed by atoms with van der Waals surface area (Å²) in [5, 5.41) is 16.3. The van der Waals surface area contributed by atoms with Crippen LogP contribution in [0.2, 0.25) is 5.02 Å². The maximum absolute atomic E-state index is 12.3. The summed E-state index contributed by atoms with van der Waals surface area (Å²) in [4.78, 5) is 30.0. The third-order valence-electron chi connectivity index (χ3n) is 5.30. The highest BCUT2D eigenvalue weighted by Crippen LogP contribution is 2.30. The van der Waals surface area contributed by atoms with Crippen molar-refractivity contribution in [2.45, 2.75) is 13.8 Å². The SMILES string of the molecule is Cc1nc(Nc2ncc(OC(=O)Nc3c(C)cccc3Cl)s2)cc(N2CCN(CCO)CC2)n1. The smallest absolute Gasteiger partial charge is 0.397 e. The Morgan fingerprint density at radius 3 is 2.76 bits per heavy atom. The average Bonchev–Trinajstić information content (AvgIpc) is 3.23. The topological polar surface area (TPSA) is 116 Å². The molecule has 3 heterocycles. The van der Waals surface area contributed by atoms with Crippen LogP contribution in [0.1, 0.15) is 11.4 Å². The number of para-hydroxylation sites is 1. The average molecular weight is 504 g/mol. The number of halogens is 1. The van der Waals surface area contributed by atoms with E-state index in [1.807, 2.05) is 32.0 Å². The molecule has 0 bridgehead atoms. The zero-order valence-electron chi connectivity index (χ0n) is 18.9. The zero-order chi connectivity index (χ0) is 24.1. The second-order valence-electron chi connectivity index (χ2n) is 7.77. The Kier molecular flexibility index (Phi) is 7.78. The van der Waals surface area contributed by atoms with Gasteiger partial charge in [-0.1, -0.05) is 35.1 Å². The second-order valence-corrected chi connectivity index (χ2v) is 9.17. The predicted octanol–water partition coefficient (Wildman–Crippen LogP) is 3.67. The zero-order valence-corrected chi connectivity index (χ0v) is 20.5. The number of thiazole rings is 1. The summed E-state index contributed by atoms with van der Waals surface area (Å²) in [5.74, 6) is 2.08. The van der Waals surface area contributed by atoms with E-state index < -0.39 is 6.09 Å². The van der Waals surface area contributed by atoms with E-state index in [4.69, 9.17) is 21.4 Å². The fourth-order valence-corrected chi connectivity index (χ4v) is 4.55. The molecule has 10 nitrogen and oxygen atoms in total. The number of rotatable bonds is 7. The quantitative estimate of drug-likeness (QED) is 0.444. The number of aliphatic hydroxyl groups excluding tert-OH is 1. The number of aryl methyl sites for hydroxylation is 2. The highest BCUT2D eigenvalue weighted by atomic mass is 35.5. The Hall–Kier alpha value is -2.99. The van der Waals surface area contributed by atoms with Gasteiger partial charge >= 0.3 is 6.09 Å². The minimum absolute atomic E-state index is 0.168. The first-order valence-corrected chi connectivity index (χ1v) is 12.0. The van der Waals surface area contributed by atoms with Gasteiger partial charge in [0.25, 0.3) is 0 Å². The van der Waals surface area contributed by atoms with Crippen LogP contribution in [0.15, 0.2) is 30.5 Å². The van der Waals surface area contributed by atoms with Gasteiger partial charge in [0.1, 0.15) is 17.5 Å². The Bertz CT molecular complexity index is 1130. The minimum atomic E-state index is -0.646. The molecular weight excluding hydrogens is 478 g/mol. The number of carbonyl (C=O) groups is 1. The Balaban J connectivity index is 1.38. The van der Waals surface area contributed by atoms with Crippen LogP contribution in [0.4, 0.5) is 27.2 Å². The number of aromatic nitrogens is 3. The molecule has 0 unspecified atom stereocenters. The number of ether oxygens (including phenoxy) is 1. The Morgan fingerprint density at radius 1 is 1.24 bits per heavy atom. The minimum Gasteiger partial charge on any atom is -0.397 e. The van der Waals surface area contributed by atoms with E-state index in [1.165, 1.54) is 17.5 Å². The first-order chi connectivity index (χ1) is 16.4. The molecule has 180 valence electrons. The van der Waals surface area contributed by atoms with Crippen molar-refractivity contribution in [3.05, 3.63) is 46.9 Å². The number of piperazine rings is 1. The molecule has 12 heteroatoms. The van der Waals surface area contributed by atoms with Crippen LogP contribution in [0, 0.1) is 13.8 Å². The molecule has 34 heavy (non-hydrogen) atoms. The van der Waals surface area contributed by atoms with Crippen LogP contribution in [0.25, 0.3) is 0 Å². The fraction of sp³-hybridized carbons (Fsp3) is 0.364. The van der Waals surface area contributed by atoms with Gasteiger partial charge in [-0.3, -0.25) is 10.2 Å². The summed E-state index contributed by atoms with van der Waals surface area (Å²) in [5.41, 5.74) is 1.35. The first-order valence-electron chi connectivity index (χ1n) is 10.8. The number of carbonyl (C=O) groups excluding carboxylic acids is 1. The summed E-state index contributed by atoms with van der Waals surface area (Å²) in [6.07, 6.45) is 0.827. The van der Waals surface area contributed by atoms with Gasteiger partial charge in [-0.15, -0.1) is 0 Å². The first kappa shape index (κ1) is 24.1. The van der Waals surface area contributed by atoms with E-state index in [0.717, 1.165) is 37.6 Å². The fourth-order valence-electron chi connectivity index (χ4n) is 3.60. The lowest BCUT2D eigenvalue weighted by Crippen LogP contribution is -2.47. The molecule has 1 fully saturated rings. The van der Waals surface area contributed by atoms with E-state index in [9.17, 15) is 4.79 Å². The van der Waals surface area contributed by atoms with Crippen LogP contribution >= 0.6 is 22.9 Å². The van der Waals surface area contributed by atoms with Crippen LogP contribution < -0.4 is 20.3 Å². The molecule has 4 rings (SSSR count). The van der Waals surface area contributed by atoms with E-state index in [0.29, 0.717) is 39.1 Å². The highest BCUT2D eigenvalue weighted by Gasteiger charge is 2.19. The van der Waals surface area contributed by atoms with Crippen molar-refractivity contribution in [3.8, 4) is 5.06 Å². The second kappa shape index (κ2) is 11.0. The van der Waals surface area contributed by atoms with Gasteiger partial charge in [0.05, 0.1) is 23.5 Å². The van der Waals surface area contributed by atoms with Crippen molar-refractivity contribution in [1.29, 1.82) is 0 Å². The normalized spacial score (nSPS) is 14.2. The molecule has 2 aromatic heterocycles. The van der Waals surface area contributed by atoms with Crippen molar-refractivity contribution in [3.63, 3.8) is 0 Å². The van der Waals surface area contributed by atoms with Crippen LogP contribution in [-0.2, 0) is 0 Å². The van der Waals surface area contributed by atoms with Gasteiger partial charge in [0.2, 0.25) is 5.06 Å². The molecule has 0 spiro atoms. The van der Waals surface area contributed by atoms with Crippen molar-refractivity contribution < 1.29 is 14.6 Å². The van der Waals surface area contributed by atoms with Crippen molar-refractivity contribution in [2.24, 2.45) is 0 Å². The van der Waals surface area contributed by atoms with Crippen LogP contribution in [0.5, 0.6) is 5.06 Å². The third kappa shape index (κ3) is 6.11. The molecule has 0 saturated carbocycles. The van der Waals surface area contributed by atoms with Crippen LogP contribution in [-0.4, -0.2) is 70.4 Å². The highest BCUT2D eigenvalue weighted by molar-refractivity contribution is 7.17. The Morgan fingerprint density at radius 2 is 2.03 bits per heavy atom. The molecule has 3 N–H and O–H groups in total. The maximum Gasteiger partial charge on any atom is 0.418 e. The van der Waals surface area contributed by atoms with Gasteiger partial charge in [-0.25, -0.2) is 19.7 Å². The number of nitrogens with zero attached hydrogens (tertiary/aromatic N) is 5. The molecule has 1 aliphatic heterocycles. The van der Waals surface area contributed by atoms with Gasteiger partial charge in [0, 0.05) is 38.8 Å². The van der Waals surface area contributed by atoms with E-state index >= 15 is 0 Å². The molecule has 1 saturated heterocycles. The maximum atomic E-state index is 12.3.